The number of carbonyl (C=O) groups is 1. The third kappa shape index (κ3) is 4.40. The van der Waals surface area contributed by atoms with Gasteiger partial charge in [-0.25, -0.2) is 4.79 Å². The lowest BCUT2D eigenvalue weighted by Crippen LogP contribution is -2.35. The van der Waals surface area contributed by atoms with Gasteiger partial charge in [0, 0.05) is 17.3 Å². The zero-order valence-corrected chi connectivity index (χ0v) is 14.7. The minimum absolute atomic E-state index is 0.244. The van der Waals surface area contributed by atoms with Crippen LogP contribution >= 0.6 is 10.3 Å². The molecule has 0 amide bonds. The Bertz CT molecular complexity index is 654. The Morgan fingerprint density at radius 3 is 2.08 bits per heavy atom. The van der Waals surface area contributed by atoms with Crippen molar-refractivity contribution in [1.82, 2.24) is 0 Å². The third-order valence-electron chi connectivity index (χ3n) is 4.42. The van der Waals surface area contributed by atoms with Crippen LogP contribution in [-0.2, 0) is 21.2 Å². The molecule has 128 valence electrons. The molecule has 2 aromatic carbocycles. The van der Waals surface area contributed by atoms with Crippen LogP contribution < -0.4 is 5.73 Å². The standard InChI is InChI=1S/C20H25NO2S/c21-19(15-17-9-3-1-4-10-17)20(22)23-24(13-7-8-14-24)16-18-11-5-2-6-12-18/h1-6,9-12,19H,7-8,13-16,21H2/t19-/m0/s1. The highest BCUT2D eigenvalue weighted by molar-refractivity contribution is 8.29. The van der Waals surface area contributed by atoms with Crippen LogP contribution in [0.3, 0.4) is 0 Å². The molecule has 4 heteroatoms. The fourth-order valence-corrected chi connectivity index (χ4v) is 6.61. The lowest BCUT2D eigenvalue weighted by molar-refractivity contribution is -0.134. The van der Waals surface area contributed by atoms with Crippen LogP contribution in [0, 0.1) is 0 Å². The smallest absolute Gasteiger partial charge is 0.333 e. The first-order valence-corrected chi connectivity index (χ1v) is 10.6. The van der Waals surface area contributed by atoms with Gasteiger partial charge in [-0.1, -0.05) is 71.0 Å². The van der Waals surface area contributed by atoms with Crippen molar-refractivity contribution in [2.24, 2.45) is 5.73 Å². The maximum Gasteiger partial charge on any atom is 0.333 e. The second-order valence-electron chi connectivity index (χ2n) is 6.41. The first kappa shape index (κ1) is 17.1. The molecule has 24 heavy (non-hydrogen) atoms. The SMILES string of the molecule is N[C@@H](Cc1ccccc1)C(=O)OS1(Cc2ccccc2)CCCC1. The molecule has 1 aliphatic heterocycles. The number of benzene rings is 2. The number of carbonyl (C=O) groups excluding carboxylic acids is 1. The maximum atomic E-state index is 12.6. The van der Waals surface area contributed by atoms with E-state index in [-0.39, 0.29) is 5.97 Å². The molecule has 0 saturated carbocycles. The van der Waals surface area contributed by atoms with Crippen LogP contribution in [0.25, 0.3) is 0 Å². The average Bonchev–Trinajstić information content (AvgIpc) is 3.04. The van der Waals surface area contributed by atoms with Gasteiger partial charge in [0.2, 0.25) is 0 Å². The van der Waals surface area contributed by atoms with Gasteiger partial charge in [0.05, 0.1) is 0 Å². The summed E-state index contributed by atoms with van der Waals surface area (Å²) in [6.45, 7) is 0. The molecule has 1 heterocycles. The summed E-state index contributed by atoms with van der Waals surface area (Å²) >= 11 is 0. The summed E-state index contributed by atoms with van der Waals surface area (Å²) in [6, 6.07) is 19.6. The van der Waals surface area contributed by atoms with E-state index in [4.69, 9.17) is 9.92 Å². The molecule has 2 aromatic rings. The molecule has 3 rings (SSSR count). The van der Waals surface area contributed by atoms with Crippen LogP contribution in [0.1, 0.15) is 24.0 Å². The Morgan fingerprint density at radius 2 is 1.50 bits per heavy atom. The highest BCUT2D eigenvalue weighted by Gasteiger charge is 2.34. The summed E-state index contributed by atoms with van der Waals surface area (Å²) in [6.07, 6.45) is 2.81. The lowest BCUT2D eigenvalue weighted by atomic mass is 10.1. The fourth-order valence-electron chi connectivity index (χ4n) is 3.15. The van der Waals surface area contributed by atoms with Crippen molar-refractivity contribution in [3.63, 3.8) is 0 Å². The molecule has 1 fully saturated rings. The molecule has 1 atom stereocenters. The highest BCUT2D eigenvalue weighted by atomic mass is 32.3. The Hall–Kier alpha value is -1.78. The Morgan fingerprint density at radius 1 is 0.958 bits per heavy atom. The van der Waals surface area contributed by atoms with Crippen molar-refractivity contribution in [2.45, 2.75) is 31.1 Å². The van der Waals surface area contributed by atoms with E-state index in [0.717, 1.165) is 35.7 Å². The summed E-state index contributed by atoms with van der Waals surface area (Å²) in [5, 5.41) is 0. The molecule has 2 N–H and O–H groups in total. The summed E-state index contributed by atoms with van der Waals surface area (Å²) < 4.78 is 6.06. The zero-order valence-electron chi connectivity index (χ0n) is 13.9. The normalized spacial score (nSPS) is 18.7. The van der Waals surface area contributed by atoms with Gasteiger partial charge in [0.1, 0.15) is 6.04 Å². The molecule has 1 saturated heterocycles. The second-order valence-corrected chi connectivity index (χ2v) is 9.61. The minimum Gasteiger partial charge on any atom is -0.414 e. The monoisotopic (exact) mass is 343 g/mol. The lowest BCUT2D eigenvalue weighted by Gasteiger charge is -2.35. The van der Waals surface area contributed by atoms with Crippen molar-refractivity contribution in [3.05, 3.63) is 71.8 Å². The molecule has 0 bridgehead atoms. The summed E-state index contributed by atoms with van der Waals surface area (Å²) in [5.41, 5.74) is 8.44. The molecule has 3 nitrogen and oxygen atoms in total. The molecular weight excluding hydrogens is 318 g/mol. The van der Waals surface area contributed by atoms with Gasteiger partial charge in [0.15, 0.2) is 0 Å². The van der Waals surface area contributed by atoms with Crippen molar-refractivity contribution in [2.75, 3.05) is 11.5 Å². The maximum absolute atomic E-state index is 12.6. The van der Waals surface area contributed by atoms with Crippen molar-refractivity contribution >= 4 is 16.3 Å². The molecule has 0 aromatic heterocycles. The van der Waals surface area contributed by atoms with Crippen molar-refractivity contribution in [3.8, 4) is 0 Å². The largest absolute Gasteiger partial charge is 0.414 e. The van der Waals surface area contributed by atoms with E-state index in [1.165, 1.54) is 5.56 Å². The molecule has 0 radical (unpaired) electrons. The van der Waals surface area contributed by atoms with Gasteiger partial charge >= 0.3 is 5.97 Å². The van der Waals surface area contributed by atoms with Crippen molar-refractivity contribution < 1.29 is 8.98 Å². The second kappa shape index (κ2) is 7.86. The Balaban J connectivity index is 1.65. The van der Waals surface area contributed by atoms with Gasteiger partial charge in [0.25, 0.3) is 0 Å². The van der Waals surface area contributed by atoms with E-state index < -0.39 is 16.4 Å². The topological polar surface area (TPSA) is 52.3 Å². The summed E-state index contributed by atoms with van der Waals surface area (Å²) in [5.74, 6) is 2.63. The number of nitrogens with two attached hydrogens (primary N) is 1. The van der Waals surface area contributed by atoms with E-state index in [9.17, 15) is 4.79 Å². The average molecular weight is 343 g/mol. The first-order valence-electron chi connectivity index (χ1n) is 8.50. The van der Waals surface area contributed by atoms with E-state index in [1.807, 2.05) is 48.5 Å². The van der Waals surface area contributed by atoms with E-state index in [1.54, 1.807) is 0 Å². The Labute approximate surface area is 145 Å². The van der Waals surface area contributed by atoms with Crippen molar-refractivity contribution in [1.29, 1.82) is 0 Å². The predicted octanol–water partition coefficient (Wildman–Crippen LogP) is 3.81. The van der Waals surface area contributed by atoms with Gasteiger partial charge < -0.3 is 9.92 Å². The van der Waals surface area contributed by atoms with Crippen LogP contribution in [0.4, 0.5) is 0 Å². The summed E-state index contributed by atoms with van der Waals surface area (Å²) in [4.78, 5) is 12.6. The third-order valence-corrected chi connectivity index (χ3v) is 7.86. The number of hydrogen-bond acceptors (Lipinski definition) is 3. The number of hydrogen-bond donors (Lipinski definition) is 1. The van der Waals surface area contributed by atoms with E-state index in [0.29, 0.717) is 6.42 Å². The van der Waals surface area contributed by atoms with Crippen LogP contribution in [0.5, 0.6) is 0 Å². The molecule has 0 spiro atoms. The fraction of sp³-hybridized carbons (Fsp3) is 0.350. The van der Waals surface area contributed by atoms with Crippen LogP contribution in [0.2, 0.25) is 0 Å². The number of rotatable bonds is 6. The molecule has 0 unspecified atom stereocenters. The van der Waals surface area contributed by atoms with Crippen LogP contribution in [0.15, 0.2) is 60.7 Å². The van der Waals surface area contributed by atoms with E-state index in [2.05, 4.69) is 12.1 Å². The van der Waals surface area contributed by atoms with Crippen LogP contribution in [-0.4, -0.2) is 23.5 Å². The van der Waals surface area contributed by atoms with Gasteiger partial charge in [-0.05, 0) is 30.4 Å². The highest BCUT2D eigenvalue weighted by Crippen LogP contribution is 2.57. The molecule has 1 aliphatic rings. The zero-order chi connectivity index (χ0) is 16.8. The van der Waals surface area contributed by atoms with Gasteiger partial charge in [-0.2, -0.15) is 0 Å². The summed E-state index contributed by atoms with van der Waals surface area (Å²) in [7, 11) is -1.38. The quantitative estimate of drug-likeness (QED) is 0.867. The van der Waals surface area contributed by atoms with E-state index >= 15 is 0 Å². The van der Waals surface area contributed by atoms with Gasteiger partial charge in [-0.15, -0.1) is 0 Å². The Kier molecular flexibility index (Phi) is 5.59. The predicted molar refractivity (Wildman–Crippen MR) is 101 cm³/mol. The first-order chi connectivity index (χ1) is 11.7. The minimum atomic E-state index is -1.38. The molecule has 0 aliphatic carbocycles. The van der Waals surface area contributed by atoms with Gasteiger partial charge in [-0.3, -0.25) is 0 Å². The molecular formula is C20H25NO2S.